The first-order chi connectivity index (χ1) is 12.2. The van der Waals surface area contributed by atoms with Gasteiger partial charge < -0.3 is 9.47 Å². The van der Waals surface area contributed by atoms with Crippen LogP contribution < -0.4 is 14.9 Å². The summed E-state index contributed by atoms with van der Waals surface area (Å²) in [5.74, 6) is -5.67. The monoisotopic (exact) mass is 516 g/mol. The predicted molar refractivity (Wildman–Crippen MR) is 92.8 cm³/mol. The van der Waals surface area contributed by atoms with Crippen molar-refractivity contribution in [1.82, 2.24) is 5.43 Å². The molecule has 0 aliphatic rings. The molecule has 0 atom stereocenters. The summed E-state index contributed by atoms with van der Waals surface area (Å²) < 4.78 is 99.5. The molecule has 0 aliphatic carbocycles. The van der Waals surface area contributed by atoms with Crippen molar-refractivity contribution in [3.05, 3.63) is 21.3 Å². The maximum Gasteiger partial charge on any atom is 0.462 e. The number of hydrazone groups is 1. The second-order valence-corrected chi connectivity index (χ2v) is 6.61. The Balaban J connectivity index is 3.08. The predicted octanol–water partition coefficient (Wildman–Crippen LogP) is 5.19. The van der Waals surface area contributed by atoms with Gasteiger partial charge in [-0.3, -0.25) is 0 Å². The third-order valence-corrected chi connectivity index (χ3v) is 3.66. The molecule has 0 bridgehead atoms. The zero-order chi connectivity index (χ0) is 21.0. The number of rotatable bonds is 8. The summed E-state index contributed by atoms with van der Waals surface area (Å²) in [6, 6.07) is -2.89. The fourth-order valence-corrected chi connectivity index (χ4v) is 2.46. The van der Waals surface area contributed by atoms with Gasteiger partial charge in [0.2, 0.25) is 0 Å². The molecule has 0 fully saturated rings. The minimum Gasteiger partial charge on any atom is -0.490 e. The lowest BCUT2D eigenvalue weighted by Crippen LogP contribution is -2.58. The number of nitrogens with one attached hydrogen (secondary N) is 1. The van der Waals surface area contributed by atoms with Crippen molar-refractivity contribution in [2.24, 2.45) is 5.10 Å². The molecule has 0 amide bonds. The molecule has 27 heavy (non-hydrogen) atoms. The molecule has 0 radical (unpaired) electrons. The standard InChI is InChI=1S/C15H16F7IN2O2/c1-4-26-11-6-9(5-10(23)12(11)27-8(2)3)7-24-25-15(21,22)13(16,17)14(18,19)20/h5-8,25H,4H2,1-3H3/b24-7-. The van der Waals surface area contributed by atoms with E-state index in [4.69, 9.17) is 9.47 Å². The largest absolute Gasteiger partial charge is 0.490 e. The molecule has 0 aliphatic heterocycles. The Labute approximate surface area is 164 Å². The Kier molecular flexibility index (Phi) is 7.59. The number of nitrogens with zero attached hydrogens (tertiary/aromatic N) is 1. The highest BCUT2D eigenvalue weighted by Gasteiger charge is 2.73. The molecule has 0 heterocycles. The second-order valence-electron chi connectivity index (χ2n) is 5.45. The molecule has 1 aromatic carbocycles. The molecule has 12 heteroatoms. The Morgan fingerprint density at radius 2 is 1.74 bits per heavy atom. The number of hydrogen-bond donors (Lipinski definition) is 1. The van der Waals surface area contributed by atoms with Crippen LogP contribution in [0.4, 0.5) is 30.7 Å². The van der Waals surface area contributed by atoms with Gasteiger partial charge in [0.1, 0.15) is 0 Å². The van der Waals surface area contributed by atoms with Crippen LogP contribution in [0.1, 0.15) is 26.3 Å². The first-order valence-corrected chi connectivity index (χ1v) is 8.56. The van der Waals surface area contributed by atoms with E-state index in [1.165, 1.54) is 12.1 Å². The fraction of sp³-hybridized carbons (Fsp3) is 0.533. The van der Waals surface area contributed by atoms with Gasteiger partial charge in [-0.25, -0.2) is 5.43 Å². The van der Waals surface area contributed by atoms with E-state index in [1.54, 1.807) is 20.8 Å². The van der Waals surface area contributed by atoms with Gasteiger partial charge in [0.05, 0.1) is 22.5 Å². The maximum absolute atomic E-state index is 13.1. The van der Waals surface area contributed by atoms with Crippen LogP contribution in [0.5, 0.6) is 11.5 Å². The molecule has 0 unspecified atom stereocenters. The van der Waals surface area contributed by atoms with E-state index in [2.05, 4.69) is 5.10 Å². The highest BCUT2D eigenvalue weighted by molar-refractivity contribution is 14.1. The van der Waals surface area contributed by atoms with Crippen molar-refractivity contribution in [1.29, 1.82) is 0 Å². The van der Waals surface area contributed by atoms with Crippen molar-refractivity contribution < 1.29 is 40.2 Å². The smallest absolute Gasteiger partial charge is 0.462 e. The molecule has 0 saturated heterocycles. The van der Waals surface area contributed by atoms with Gasteiger partial charge in [0.25, 0.3) is 0 Å². The molecule has 1 rings (SSSR count). The SMILES string of the molecule is CCOc1cc(/C=N\NC(F)(F)C(F)(F)C(F)(F)F)cc(I)c1OC(C)C. The maximum atomic E-state index is 13.1. The van der Waals surface area contributed by atoms with Gasteiger partial charge in [-0.05, 0) is 61.1 Å². The van der Waals surface area contributed by atoms with Crippen LogP contribution in [-0.4, -0.2) is 37.1 Å². The fourth-order valence-electron chi connectivity index (χ4n) is 1.71. The van der Waals surface area contributed by atoms with Crippen LogP contribution in [0.25, 0.3) is 0 Å². The van der Waals surface area contributed by atoms with Crippen LogP contribution in [0.15, 0.2) is 17.2 Å². The minimum absolute atomic E-state index is 0.123. The molecule has 4 nitrogen and oxygen atoms in total. The molecular formula is C15H16F7IN2O2. The number of halogens is 8. The normalized spacial score (nSPS) is 13.3. The van der Waals surface area contributed by atoms with Gasteiger partial charge in [0.15, 0.2) is 11.5 Å². The Hall–Kier alpha value is -1.47. The summed E-state index contributed by atoms with van der Waals surface area (Å²) in [6.07, 6.45) is -5.96. The lowest BCUT2D eigenvalue weighted by Gasteiger charge is -2.27. The zero-order valence-electron chi connectivity index (χ0n) is 14.3. The third kappa shape index (κ3) is 5.75. The Morgan fingerprint density at radius 1 is 1.15 bits per heavy atom. The van der Waals surface area contributed by atoms with E-state index in [1.807, 2.05) is 22.6 Å². The average Bonchev–Trinajstić information content (AvgIpc) is 2.49. The summed E-state index contributed by atoms with van der Waals surface area (Å²) in [5.41, 5.74) is 0.686. The van der Waals surface area contributed by atoms with E-state index in [9.17, 15) is 30.7 Å². The highest BCUT2D eigenvalue weighted by atomic mass is 127. The first-order valence-electron chi connectivity index (χ1n) is 7.48. The van der Waals surface area contributed by atoms with Gasteiger partial charge >= 0.3 is 18.1 Å². The molecule has 1 N–H and O–H groups in total. The van der Waals surface area contributed by atoms with Crippen LogP contribution >= 0.6 is 22.6 Å². The van der Waals surface area contributed by atoms with E-state index >= 15 is 0 Å². The first kappa shape index (κ1) is 23.6. The van der Waals surface area contributed by atoms with Crippen molar-refractivity contribution >= 4 is 28.8 Å². The van der Waals surface area contributed by atoms with E-state index < -0.39 is 18.1 Å². The molecule has 0 saturated carbocycles. The second kappa shape index (κ2) is 8.69. The molecule has 0 aromatic heterocycles. The van der Waals surface area contributed by atoms with Crippen LogP contribution in [0.2, 0.25) is 0 Å². The number of hydrogen-bond acceptors (Lipinski definition) is 4. The van der Waals surface area contributed by atoms with Crippen LogP contribution in [-0.2, 0) is 0 Å². The van der Waals surface area contributed by atoms with Crippen molar-refractivity contribution in [2.45, 2.75) is 45.0 Å². The number of alkyl halides is 7. The quantitative estimate of drug-likeness (QED) is 0.170. The van der Waals surface area contributed by atoms with Crippen LogP contribution in [0, 0.1) is 3.57 Å². The average molecular weight is 516 g/mol. The topological polar surface area (TPSA) is 42.8 Å². The summed E-state index contributed by atoms with van der Waals surface area (Å²) in [5, 5.41) is 2.82. The van der Waals surface area contributed by atoms with Crippen molar-refractivity contribution in [3.8, 4) is 11.5 Å². The van der Waals surface area contributed by atoms with Gasteiger partial charge in [-0.15, -0.1) is 0 Å². The van der Waals surface area contributed by atoms with Crippen LogP contribution in [0.3, 0.4) is 0 Å². The van der Waals surface area contributed by atoms with Gasteiger partial charge in [-0.2, -0.15) is 35.8 Å². The molecule has 154 valence electrons. The summed E-state index contributed by atoms with van der Waals surface area (Å²) >= 11 is 1.87. The minimum atomic E-state index is -6.44. The van der Waals surface area contributed by atoms with Crippen molar-refractivity contribution in [2.75, 3.05) is 6.61 Å². The Morgan fingerprint density at radius 3 is 2.22 bits per heavy atom. The summed E-state index contributed by atoms with van der Waals surface area (Å²) in [7, 11) is 0. The summed E-state index contributed by atoms with van der Waals surface area (Å²) in [6.45, 7) is 5.48. The van der Waals surface area contributed by atoms with E-state index in [-0.39, 0.29) is 24.0 Å². The van der Waals surface area contributed by atoms with E-state index in [0.717, 1.165) is 0 Å². The highest BCUT2D eigenvalue weighted by Crippen LogP contribution is 2.45. The van der Waals surface area contributed by atoms with Gasteiger partial charge in [-0.1, -0.05) is 0 Å². The third-order valence-electron chi connectivity index (χ3n) is 2.85. The van der Waals surface area contributed by atoms with Gasteiger partial charge in [0, 0.05) is 0 Å². The molecule has 1 aromatic rings. The zero-order valence-corrected chi connectivity index (χ0v) is 16.5. The van der Waals surface area contributed by atoms with E-state index in [0.29, 0.717) is 21.0 Å². The lowest BCUT2D eigenvalue weighted by atomic mass is 10.2. The Bertz CT molecular complexity index is 679. The summed E-state index contributed by atoms with van der Waals surface area (Å²) in [4.78, 5) is 0. The number of benzene rings is 1. The molecule has 0 spiro atoms. The lowest BCUT2D eigenvalue weighted by molar-refractivity contribution is -0.361. The number of ether oxygens (including phenoxy) is 2. The molecular weight excluding hydrogens is 500 g/mol. The van der Waals surface area contributed by atoms with Crippen molar-refractivity contribution in [3.63, 3.8) is 0 Å².